The molecule has 1 amide bonds. The number of carbonyl (C=O) groups is 1. The summed E-state index contributed by atoms with van der Waals surface area (Å²) in [6.45, 7) is 0.824. The molecule has 0 unspecified atom stereocenters. The van der Waals surface area contributed by atoms with Crippen LogP contribution in [-0.2, 0) is 11.3 Å². The van der Waals surface area contributed by atoms with E-state index in [9.17, 15) is 4.79 Å². The number of hydrogen-bond acceptors (Lipinski definition) is 2. The van der Waals surface area contributed by atoms with E-state index in [0.29, 0.717) is 12.1 Å². The summed E-state index contributed by atoms with van der Waals surface area (Å²) in [5, 5.41) is 0. The van der Waals surface area contributed by atoms with Crippen LogP contribution in [0.15, 0.2) is 60.7 Å². The standard InChI is InChI=1S/C16H17NO2/c1-19-13-17(12-14-8-4-2-5-9-14)16(18)15-10-6-3-7-11-15/h2-11H,12-13H2,1H3. The molecule has 0 saturated carbocycles. The van der Waals surface area contributed by atoms with Crippen LogP contribution in [0.3, 0.4) is 0 Å². The Labute approximate surface area is 113 Å². The van der Waals surface area contributed by atoms with E-state index in [-0.39, 0.29) is 12.6 Å². The molecule has 0 fully saturated rings. The Morgan fingerprint density at radius 3 is 2.16 bits per heavy atom. The number of nitrogens with zero attached hydrogens (tertiary/aromatic N) is 1. The van der Waals surface area contributed by atoms with Crippen LogP contribution >= 0.6 is 0 Å². The second-order valence-corrected chi connectivity index (χ2v) is 4.27. The molecule has 98 valence electrons. The van der Waals surface area contributed by atoms with E-state index in [0.717, 1.165) is 5.56 Å². The Morgan fingerprint density at radius 2 is 1.58 bits per heavy atom. The number of hydrogen-bond donors (Lipinski definition) is 0. The lowest BCUT2D eigenvalue weighted by molar-refractivity contribution is 0.0390. The predicted octanol–water partition coefficient (Wildman–Crippen LogP) is 2.93. The molecular formula is C16H17NO2. The number of methoxy groups -OCH3 is 1. The van der Waals surface area contributed by atoms with Gasteiger partial charge in [-0.2, -0.15) is 0 Å². The van der Waals surface area contributed by atoms with Crippen molar-refractivity contribution in [2.24, 2.45) is 0 Å². The molecule has 0 aliphatic heterocycles. The summed E-state index contributed by atoms with van der Waals surface area (Å²) in [4.78, 5) is 14.1. The fraction of sp³-hybridized carbons (Fsp3) is 0.188. The molecule has 2 aromatic rings. The average Bonchev–Trinajstić information content (AvgIpc) is 2.48. The van der Waals surface area contributed by atoms with Crippen molar-refractivity contribution < 1.29 is 9.53 Å². The highest BCUT2D eigenvalue weighted by molar-refractivity contribution is 5.94. The maximum Gasteiger partial charge on any atom is 0.255 e. The quantitative estimate of drug-likeness (QED) is 0.769. The summed E-state index contributed by atoms with van der Waals surface area (Å²) in [5.74, 6) is -0.0219. The monoisotopic (exact) mass is 255 g/mol. The van der Waals surface area contributed by atoms with Gasteiger partial charge in [-0.3, -0.25) is 4.79 Å². The topological polar surface area (TPSA) is 29.5 Å². The van der Waals surface area contributed by atoms with Gasteiger partial charge in [0.1, 0.15) is 6.73 Å². The Balaban J connectivity index is 2.14. The molecule has 2 aromatic carbocycles. The molecule has 0 heterocycles. The van der Waals surface area contributed by atoms with Crippen LogP contribution in [0.2, 0.25) is 0 Å². The van der Waals surface area contributed by atoms with Crippen molar-refractivity contribution >= 4 is 5.91 Å². The van der Waals surface area contributed by atoms with Crippen molar-refractivity contribution in [3.05, 3.63) is 71.8 Å². The largest absolute Gasteiger partial charge is 0.364 e. The summed E-state index contributed by atoms with van der Waals surface area (Å²) in [6, 6.07) is 19.1. The molecule has 0 bridgehead atoms. The Hall–Kier alpha value is -2.13. The SMILES string of the molecule is COCN(Cc1ccccc1)C(=O)c1ccccc1. The van der Waals surface area contributed by atoms with Crippen LogP contribution in [-0.4, -0.2) is 24.6 Å². The van der Waals surface area contributed by atoms with Crippen LogP contribution < -0.4 is 0 Å². The number of ether oxygens (including phenoxy) is 1. The van der Waals surface area contributed by atoms with Crippen LogP contribution in [0.25, 0.3) is 0 Å². The molecule has 0 aromatic heterocycles. The van der Waals surface area contributed by atoms with Gasteiger partial charge in [0.2, 0.25) is 0 Å². The first-order valence-electron chi connectivity index (χ1n) is 6.18. The predicted molar refractivity (Wildman–Crippen MR) is 74.6 cm³/mol. The van der Waals surface area contributed by atoms with Gasteiger partial charge in [0.15, 0.2) is 0 Å². The third-order valence-corrected chi connectivity index (χ3v) is 2.81. The third-order valence-electron chi connectivity index (χ3n) is 2.81. The van der Waals surface area contributed by atoms with Gasteiger partial charge in [0.25, 0.3) is 5.91 Å². The van der Waals surface area contributed by atoms with Gasteiger partial charge in [0.05, 0.1) is 0 Å². The number of carbonyl (C=O) groups excluding carboxylic acids is 1. The molecule has 0 aliphatic rings. The molecule has 2 rings (SSSR count). The zero-order chi connectivity index (χ0) is 13.5. The van der Waals surface area contributed by atoms with Crippen molar-refractivity contribution in [2.75, 3.05) is 13.8 Å². The van der Waals surface area contributed by atoms with E-state index < -0.39 is 0 Å². The minimum atomic E-state index is -0.0219. The second-order valence-electron chi connectivity index (χ2n) is 4.27. The van der Waals surface area contributed by atoms with Gasteiger partial charge in [-0.15, -0.1) is 0 Å². The number of amides is 1. The van der Waals surface area contributed by atoms with Crippen molar-refractivity contribution in [1.82, 2.24) is 4.90 Å². The molecule has 0 saturated heterocycles. The lowest BCUT2D eigenvalue weighted by atomic mass is 10.1. The van der Waals surface area contributed by atoms with E-state index in [1.165, 1.54) is 0 Å². The lowest BCUT2D eigenvalue weighted by Crippen LogP contribution is -2.32. The lowest BCUT2D eigenvalue weighted by Gasteiger charge is -2.21. The average molecular weight is 255 g/mol. The summed E-state index contributed by atoms with van der Waals surface area (Å²) < 4.78 is 5.12. The summed E-state index contributed by atoms with van der Waals surface area (Å²) in [7, 11) is 1.59. The number of rotatable bonds is 5. The molecule has 3 heteroatoms. The van der Waals surface area contributed by atoms with E-state index in [1.807, 2.05) is 60.7 Å². The van der Waals surface area contributed by atoms with Crippen molar-refractivity contribution in [3.8, 4) is 0 Å². The minimum absolute atomic E-state index is 0.0219. The number of benzene rings is 2. The van der Waals surface area contributed by atoms with Crippen molar-refractivity contribution in [1.29, 1.82) is 0 Å². The molecule has 0 atom stereocenters. The second kappa shape index (κ2) is 6.71. The van der Waals surface area contributed by atoms with Gasteiger partial charge in [-0.25, -0.2) is 0 Å². The zero-order valence-electron chi connectivity index (χ0n) is 11.0. The zero-order valence-corrected chi connectivity index (χ0v) is 11.0. The Bertz CT molecular complexity index is 511. The first-order chi connectivity index (χ1) is 9.31. The van der Waals surface area contributed by atoms with E-state index in [2.05, 4.69) is 0 Å². The van der Waals surface area contributed by atoms with Crippen LogP contribution in [0.1, 0.15) is 15.9 Å². The van der Waals surface area contributed by atoms with Gasteiger partial charge in [-0.05, 0) is 17.7 Å². The van der Waals surface area contributed by atoms with Crippen molar-refractivity contribution in [2.45, 2.75) is 6.54 Å². The molecule has 0 radical (unpaired) electrons. The van der Waals surface area contributed by atoms with Crippen LogP contribution in [0, 0.1) is 0 Å². The first kappa shape index (κ1) is 13.3. The Kier molecular flexibility index (Phi) is 4.70. The van der Waals surface area contributed by atoms with Gasteiger partial charge in [-0.1, -0.05) is 48.5 Å². The summed E-state index contributed by atoms with van der Waals surface area (Å²) in [5.41, 5.74) is 1.76. The first-order valence-corrected chi connectivity index (χ1v) is 6.18. The maximum atomic E-state index is 12.4. The fourth-order valence-corrected chi connectivity index (χ4v) is 1.90. The molecule has 0 spiro atoms. The van der Waals surface area contributed by atoms with Gasteiger partial charge in [0, 0.05) is 19.2 Å². The van der Waals surface area contributed by atoms with Crippen LogP contribution in [0.5, 0.6) is 0 Å². The van der Waals surface area contributed by atoms with E-state index >= 15 is 0 Å². The maximum absolute atomic E-state index is 12.4. The molecule has 3 nitrogen and oxygen atoms in total. The summed E-state index contributed by atoms with van der Waals surface area (Å²) >= 11 is 0. The van der Waals surface area contributed by atoms with E-state index in [4.69, 9.17) is 4.74 Å². The van der Waals surface area contributed by atoms with Gasteiger partial charge < -0.3 is 9.64 Å². The minimum Gasteiger partial charge on any atom is -0.364 e. The molecule has 0 aliphatic carbocycles. The van der Waals surface area contributed by atoms with Gasteiger partial charge >= 0.3 is 0 Å². The highest BCUT2D eigenvalue weighted by Crippen LogP contribution is 2.09. The fourth-order valence-electron chi connectivity index (χ4n) is 1.90. The van der Waals surface area contributed by atoms with E-state index in [1.54, 1.807) is 12.0 Å². The smallest absolute Gasteiger partial charge is 0.255 e. The third kappa shape index (κ3) is 3.66. The van der Waals surface area contributed by atoms with Crippen LogP contribution in [0.4, 0.5) is 0 Å². The molecule has 19 heavy (non-hydrogen) atoms. The van der Waals surface area contributed by atoms with Crippen molar-refractivity contribution in [3.63, 3.8) is 0 Å². The Morgan fingerprint density at radius 1 is 1.00 bits per heavy atom. The molecular weight excluding hydrogens is 238 g/mol. The highest BCUT2D eigenvalue weighted by Gasteiger charge is 2.15. The molecule has 0 N–H and O–H groups in total. The summed E-state index contributed by atoms with van der Waals surface area (Å²) in [6.07, 6.45) is 0. The highest BCUT2D eigenvalue weighted by atomic mass is 16.5. The normalized spacial score (nSPS) is 10.2.